The molecule has 0 spiro atoms. The van der Waals surface area contributed by atoms with Crippen LogP contribution in [0.1, 0.15) is 29.8 Å². The normalized spacial score (nSPS) is 15.7. The van der Waals surface area contributed by atoms with Crippen molar-refractivity contribution in [1.29, 1.82) is 0 Å². The fourth-order valence-corrected chi connectivity index (χ4v) is 3.39. The summed E-state index contributed by atoms with van der Waals surface area (Å²) in [5, 5.41) is 2.92. The topological polar surface area (TPSA) is 58.6 Å². The molecule has 5 nitrogen and oxygen atoms in total. The molecule has 1 atom stereocenters. The van der Waals surface area contributed by atoms with E-state index in [0.717, 1.165) is 17.7 Å². The van der Waals surface area contributed by atoms with E-state index in [0.29, 0.717) is 22.0 Å². The van der Waals surface area contributed by atoms with Gasteiger partial charge in [-0.05, 0) is 31.0 Å². The van der Waals surface area contributed by atoms with Crippen molar-refractivity contribution in [3.63, 3.8) is 0 Å². The Morgan fingerprint density at radius 2 is 2.00 bits per heavy atom. The van der Waals surface area contributed by atoms with E-state index in [2.05, 4.69) is 5.32 Å². The molecule has 0 saturated carbocycles. The number of nitrogens with one attached hydrogen (secondary N) is 1. The molecule has 0 saturated heterocycles. The van der Waals surface area contributed by atoms with E-state index in [9.17, 15) is 9.59 Å². The summed E-state index contributed by atoms with van der Waals surface area (Å²) in [4.78, 5) is 26.2. The Hall–Kier alpha value is -2.53. The molecule has 25 heavy (non-hydrogen) atoms. The lowest BCUT2D eigenvalue weighted by Crippen LogP contribution is -2.36. The number of carbonyl (C=O) groups is 2. The van der Waals surface area contributed by atoms with Crippen molar-refractivity contribution in [2.24, 2.45) is 0 Å². The van der Waals surface area contributed by atoms with Gasteiger partial charge in [-0.2, -0.15) is 0 Å². The van der Waals surface area contributed by atoms with Crippen molar-refractivity contribution in [3.05, 3.63) is 52.5 Å². The molecule has 0 radical (unpaired) electrons. The van der Waals surface area contributed by atoms with Crippen LogP contribution in [0.5, 0.6) is 5.75 Å². The minimum Gasteiger partial charge on any atom is -0.496 e. The Balaban J connectivity index is 2.03. The number of nitrogens with zero attached hydrogens (tertiary/aromatic N) is 1. The number of benzene rings is 2. The zero-order valence-corrected chi connectivity index (χ0v) is 15.1. The Morgan fingerprint density at radius 1 is 1.28 bits per heavy atom. The van der Waals surface area contributed by atoms with Crippen molar-refractivity contribution in [1.82, 2.24) is 0 Å². The number of para-hydroxylation sites is 1. The van der Waals surface area contributed by atoms with E-state index in [1.165, 1.54) is 14.0 Å². The summed E-state index contributed by atoms with van der Waals surface area (Å²) in [5.74, 6) is -0.0505. The molecule has 2 aromatic carbocycles. The van der Waals surface area contributed by atoms with Crippen LogP contribution < -0.4 is 15.0 Å². The maximum Gasteiger partial charge on any atom is 0.262 e. The molecular weight excluding hydrogens is 340 g/mol. The summed E-state index contributed by atoms with van der Waals surface area (Å²) in [6.07, 6.45) is 0.807. The van der Waals surface area contributed by atoms with E-state index >= 15 is 0 Å². The van der Waals surface area contributed by atoms with Gasteiger partial charge >= 0.3 is 0 Å². The van der Waals surface area contributed by atoms with E-state index in [4.69, 9.17) is 16.3 Å². The molecular formula is C19H19ClN2O3. The minimum atomic E-state index is -0.245. The molecule has 0 aliphatic carbocycles. The van der Waals surface area contributed by atoms with Gasteiger partial charge in [0.15, 0.2) is 0 Å². The van der Waals surface area contributed by atoms with Crippen LogP contribution in [0, 0.1) is 0 Å². The number of methoxy groups -OCH3 is 1. The SMILES string of the molecule is COc1cc(NC(C)=O)c(Cl)cc1C(=O)N1c2ccccc2C[C@@H]1C. The van der Waals surface area contributed by atoms with Crippen LogP contribution in [0.4, 0.5) is 11.4 Å². The molecule has 0 aromatic heterocycles. The van der Waals surface area contributed by atoms with Gasteiger partial charge in [-0.15, -0.1) is 0 Å². The number of anilines is 2. The lowest BCUT2D eigenvalue weighted by Gasteiger charge is -2.24. The monoisotopic (exact) mass is 358 g/mol. The molecule has 0 fully saturated rings. The van der Waals surface area contributed by atoms with Crippen molar-refractivity contribution in [3.8, 4) is 5.75 Å². The first-order valence-electron chi connectivity index (χ1n) is 7.99. The number of amides is 2. The third-order valence-electron chi connectivity index (χ3n) is 4.26. The van der Waals surface area contributed by atoms with Crippen molar-refractivity contribution >= 4 is 34.8 Å². The summed E-state index contributed by atoms with van der Waals surface area (Å²) < 4.78 is 5.37. The van der Waals surface area contributed by atoms with Gasteiger partial charge in [0.1, 0.15) is 5.75 Å². The quantitative estimate of drug-likeness (QED) is 0.905. The second kappa shape index (κ2) is 6.76. The lowest BCUT2D eigenvalue weighted by atomic mass is 10.1. The van der Waals surface area contributed by atoms with E-state index < -0.39 is 0 Å². The van der Waals surface area contributed by atoms with Gasteiger partial charge < -0.3 is 15.0 Å². The van der Waals surface area contributed by atoms with Gasteiger partial charge in [-0.1, -0.05) is 29.8 Å². The van der Waals surface area contributed by atoms with E-state index in [1.807, 2.05) is 31.2 Å². The molecule has 1 aliphatic heterocycles. The average molecular weight is 359 g/mol. The van der Waals surface area contributed by atoms with Crippen molar-refractivity contribution in [2.75, 3.05) is 17.3 Å². The van der Waals surface area contributed by atoms with Crippen LogP contribution in [0.15, 0.2) is 36.4 Å². The predicted molar refractivity (Wildman–Crippen MR) is 98.7 cm³/mol. The summed E-state index contributed by atoms with van der Waals surface area (Å²) in [6.45, 7) is 3.41. The number of hydrogen-bond acceptors (Lipinski definition) is 3. The van der Waals surface area contributed by atoms with E-state index in [1.54, 1.807) is 17.0 Å². The smallest absolute Gasteiger partial charge is 0.262 e. The molecule has 1 N–H and O–H groups in total. The van der Waals surface area contributed by atoms with Gasteiger partial charge in [-0.25, -0.2) is 0 Å². The van der Waals surface area contributed by atoms with Crippen LogP contribution in [0.3, 0.4) is 0 Å². The molecule has 1 heterocycles. The molecule has 2 amide bonds. The standard InChI is InChI=1S/C19H19ClN2O3/c1-11-8-13-6-4-5-7-17(13)22(11)19(24)14-9-15(20)16(21-12(2)23)10-18(14)25-3/h4-7,9-11H,8H2,1-3H3,(H,21,23)/t11-/m0/s1. The van der Waals surface area contributed by atoms with E-state index in [-0.39, 0.29) is 17.9 Å². The average Bonchev–Trinajstić information content (AvgIpc) is 2.91. The Kier molecular flexibility index (Phi) is 4.68. The van der Waals surface area contributed by atoms with Gasteiger partial charge in [0.2, 0.25) is 5.91 Å². The first-order chi connectivity index (χ1) is 11.9. The summed E-state index contributed by atoms with van der Waals surface area (Å²) >= 11 is 6.25. The Labute approximate surface area is 151 Å². The molecule has 3 rings (SSSR count). The Bertz CT molecular complexity index is 851. The van der Waals surface area contributed by atoms with Crippen LogP contribution in [0.2, 0.25) is 5.02 Å². The third-order valence-corrected chi connectivity index (χ3v) is 4.57. The highest BCUT2D eigenvalue weighted by Gasteiger charge is 2.33. The first-order valence-corrected chi connectivity index (χ1v) is 8.36. The fourth-order valence-electron chi connectivity index (χ4n) is 3.18. The summed E-state index contributed by atoms with van der Waals surface area (Å²) in [5.41, 5.74) is 2.83. The third kappa shape index (κ3) is 3.20. The molecule has 0 bridgehead atoms. The predicted octanol–water partition coefficient (Wildman–Crippen LogP) is 3.90. The number of fused-ring (bicyclic) bond motifs is 1. The zero-order valence-electron chi connectivity index (χ0n) is 14.3. The van der Waals surface area contributed by atoms with Crippen LogP contribution in [-0.4, -0.2) is 25.0 Å². The lowest BCUT2D eigenvalue weighted by molar-refractivity contribution is -0.114. The second-order valence-corrected chi connectivity index (χ2v) is 6.48. The van der Waals surface area contributed by atoms with Crippen LogP contribution >= 0.6 is 11.6 Å². The van der Waals surface area contributed by atoms with Crippen molar-refractivity contribution in [2.45, 2.75) is 26.3 Å². The number of hydrogen-bond donors (Lipinski definition) is 1. The first kappa shape index (κ1) is 17.3. The largest absolute Gasteiger partial charge is 0.496 e. The number of carbonyl (C=O) groups excluding carboxylic acids is 2. The van der Waals surface area contributed by atoms with Gasteiger partial charge in [-0.3, -0.25) is 9.59 Å². The molecule has 130 valence electrons. The van der Waals surface area contributed by atoms with Crippen LogP contribution in [-0.2, 0) is 11.2 Å². The van der Waals surface area contributed by atoms with Crippen LogP contribution in [0.25, 0.3) is 0 Å². The maximum atomic E-state index is 13.2. The molecule has 0 unspecified atom stereocenters. The van der Waals surface area contributed by atoms with Gasteiger partial charge in [0.05, 0.1) is 23.4 Å². The highest BCUT2D eigenvalue weighted by Crippen LogP contribution is 2.37. The second-order valence-electron chi connectivity index (χ2n) is 6.07. The zero-order chi connectivity index (χ0) is 18.1. The summed E-state index contributed by atoms with van der Waals surface area (Å²) in [7, 11) is 1.49. The minimum absolute atomic E-state index is 0.0448. The summed E-state index contributed by atoms with van der Waals surface area (Å²) in [6, 6.07) is 11.0. The number of halogens is 1. The fraction of sp³-hybridized carbons (Fsp3) is 0.263. The number of rotatable bonds is 3. The highest BCUT2D eigenvalue weighted by atomic mass is 35.5. The molecule has 1 aliphatic rings. The van der Waals surface area contributed by atoms with Gasteiger partial charge in [0, 0.05) is 24.7 Å². The van der Waals surface area contributed by atoms with Crippen molar-refractivity contribution < 1.29 is 14.3 Å². The molecule has 2 aromatic rings. The Morgan fingerprint density at radius 3 is 2.68 bits per heavy atom. The number of ether oxygens (including phenoxy) is 1. The van der Waals surface area contributed by atoms with Gasteiger partial charge in [0.25, 0.3) is 5.91 Å². The molecule has 6 heteroatoms. The highest BCUT2D eigenvalue weighted by molar-refractivity contribution is 6.34. The maximum absolute atomic E-state index is 13.2.